The fourth-order valence-electron chi connectivity index (χ4n) is 8.02. The number of methoxy groups -OCH3 is 1. The number of aliphatic hydroxyl groups is 1. The lowest BCUT2D eigenvalue weighted by atomic mass is 9.82. The number of nitrogens with one attached hydrogen (secondary N) is 4. The molecule has 0 aliphatic carbocycles. The van der Waals surface area contributed by atoms with Crippen molar-refractivity contribution in [2.24, 2.45) is 10.8 Å². The number of hydrogen-bond donors (Lipinski definition) is 6. The summed E-state index contributed by atoms with van der Waals surface area (Å²) >= 11 is 0. The van der Waals surface area contributed by atoms with Gasteiger partial charge in [-0.1, -0.05) is 36.1 Å². The van der Waals surface area contributed by atoms with Gasteiger partial charge in [0.15, 0.2) is 0 Å². The topological polar surface area (TPSA) is 225 Å². The smallest absolute Gasteiger partial charge is 0.407 e. The highest BCUT2D eigenvalue weighted by Gasteiger charge is 2.57. The molecule has 3 aromatic carbocycles. The molecule has 2 aromatic heterocycles. The number of benzene rings is 3. The van der Waals surface area contributed by atoms with E-state index in [2.05, 4.69) is 32.0 Å². The van der Waals surface area contributed by atoms with Crippen LogP contribution in [0, 0.1) is 34.3 Å². The van der Waals surface area contributed by atoms with Gasteiger partial charge in [-0.05, 0) is 81.6 Å². The Kier molecular flexibility index (Phi) is 18.1. The van der Waals surface area contributed by atoms with Crippen LogP contribution in [0.15, 0.2) is 79.3 Å². The first-order valence-corrected chi connectivity index (χ1v) is 23.6. The highest BCUT2D eigenvalue weighted by Crippen LogP contribution is 2.42. The zero-order valence-electron chi connectivity index (χ0n) is 42.7. The van der Waals surface area contributed by atoms with Crippen molar-refractivity contribution in [2.75, 3.05) is 20.7 Å². The van der Waals surface area contributed by atoms with Crippen LogP contribution in [0.25, 0.3) is 22.4 Å². The van der Waals surface area contributed by atoms with Crippen molar-refractivity contribution in [1.29, 1.82) is 0 Å². The summed E-state index contributed by atoms with van der Waals surface area (Å²) in [6.07, 6.45) is -13.4. The van der Waals surface area contributed by atoms with Crippen LogP contribution in [0.5, 0.6) is 0 Å². The molecule has 424 valence electrons. The van der Waals surface area contributed by atoms with Gasteiger partial charge in [0.1, 0.15) is 36.1 Å². The maximum atomic E-state index is 16.0. The zero-order valence-corrected chi connectivity index (χ0v) is 42.7. The number of aliphatic hydroxyl groups excluding tert-OH is 1. The summed E-state index contributed by atoms with van der Waals surface area (Å²) in [7, 11) is 2.48. The van der Waals surface area contributed by atoms with E-state index in [1.807, 2.05) is 10.7 Å². The van der Waals surface area contributed by atoms with Crippen molar-refractivity contribution >= 4 is 29.9 Å². The number of carbonyl (C=O) groups excluding carboxylic acids is 4. The van der Waals surface area contributed by atoms with Crippen LogP contribution in [0.4, 0.5) is 53.5 Å². The van der Waals surface area contributed by atoms with Gasteiger partial charge in [-0.2, -0.15) is 40.2 Å². The molecule has 28 heteroatoms. The van der Waals surface area contributed by atoms with E-state index in [1.165, 1.54) is 29.6 Å². The molecule has 1 aliphatic rings. The van der Waals surface area contributed by atoms with Gasteiger partial charge in [-0.3, -0.25) is 19.8 Å². The maximum absolute atomic E-state index is 16.0. The molecule has 3 heterocycles. The molecule has 0 radical (unpaired) electrons. The third kappa shape index (κ3) is 14.3. The molecule has 6 rings (SSSR count). The largest absolute Gasteiger partial charge is 0.465 e. The second-order valence-corrected chi connectivity index (χ2v) is 19.5. The van der Waals surface area contributed by atoms with E-state index in [0.717, 1.165) is 30.9 Å². The molecular weight excluding hydrogens is 1070 g/mol. The van der Waals surface area contributed by atoms with E-state index in [9.17, 15) is 69.3 Å². The lowest BCUT2D eigenvalue weighted by molar-refractivity contribution is -0.221. The molecule has 4 atom stereocenters. The number of carboxylic acid groups (broad SMARTS) is 1. The third-order valence-electron chi connectivity index (χ3n) is 13.1. The number of amides is 5. The number of alkyl carbamates (subject to hydrolysis) is 1. The molecule has 0 bridgehead atoms. The molecule has 6 N–H and O–H groups in total. The van der Waals surface area contributed by atoms with Crippen LogP contribution in [0.1, 0.15) is 62.3 Å². The second kappa shape index (κ2) is 23.8. The number of imidazole rings is 1. The monoisotopic (exact) mass is 1120 g/mol. The van der Waals surface area contributed by atoms with Crippen LogP contribution < -0.4 is 21.4 Å². The number of fused-ring (bicyclic) bond motifs is 1. The predicted molar refractivity (Wildman–Crippen MR) is 260 cm³/mol. The molecule has 5 amide bonds. The number of alkyl halides is 8. The SMILES string of the molecule is COC(=O)N[C@H](C(=O)N[C@@H](Cc1ccc(C#Cc2ccc(-c3cn4c(n3)CN(C)C(=O)C4)cc2)cc1)[C@@H](O)CN(Cc1c(F)cc(-c2cnn(C(F)F)c2)cc1F)NC(=O)[C@@H](NC(=O)O)C(C)(C)C(F)(F)F)C(C)(C)C(F)(F)F. The minimum atomic E-state index is -5.29. The van der Waals surface area contributed by atoms with Crippen molar-refractivity contribution < 1.29 is 82.8 Å². The van der Waals surface area contributed by atoms with Gasteiger partial charge in [-0.25, -0.2) is 33.0 Å². The van der Waals surface area contributed by atoms with Crippen LogP contribution in [-0.2, 0) is 45.2 Å². The lowest BCUT2D eigenvalue weighted by Crippen LogP contribution is -2.63. The Balaban J connectivity index is 1.34. The molecular formula is C51H52F10N10O8. The van der Waals surface area contributed by atoms with Crippen LogP contribution >= 0.6 is 0 Å². The number of halogens is 10. The Labute approximate surface area is 444 Å². The average molecular weight is 1120 g/mol. The fourth-order valence-corrected chi connectivity index (χ4v) is 8.02. The number of ether oxygens (including phenoxy) is 1. The van der Waals surface area contributed by atoms with Gasteiger partial charge in [0.2, 0.25) is 11.8 Å². The summed E-state index contributed by atoms with van der Waals surface area (Å²) in [6, 6.07) is 7.27. The van der Waals surface area contributed by atoms with Crippen molar-refractivity contribution in [2.45, 2.75) is 96.9 Å². The Morgan fingerprint density at radius 2 is 1.34 bits per heavy atom. The predicted octanol–water partition coefficient (Wildman–Crippen LogP) is 6.92. The summed E-state index contributed by atoms with van der Waals surface area (Å²) in [5.41, 5.74) is -3.18. The maximum Gasteiger partial charge on any atom is 0.407 e. The standard InChI is InChI=1S/C51H52F10N10O8/c1-48(2,50(56,57)58)41(66-47(78)79-6)43(74)64-36(17-29-11-9-27(10-12-29)7-8-28-13-15-30(16-14-28)37-23-69-26-40(73)68(5)25-39(69)63-37)38(72)24-70(67-44(75)42(65-46(76)77)49(3,4)51(59,60)61)22-33-34(52)18-31(19-35(33)53)32-20-62-71(21-32)45(54)55/h9-16,18-21,23,36,38,41-42,45,65,72H,17,22,24-26H2,1-6H3,(H,64,74)(H,66,78)(H,67,75)(H,76,77)/t36-,38-,41+,42+/m0/s1. The molecule has 5 aromatic rings. The van der Waals surface area contributed by atoms with Crippen molar-refractivity contribution in [1.82, 2.24) is 50.6 Å². The van der Waals surface area contributed by atoms with Gasteiger partial charge in [0.25, 0.3) is 5.91 Å². The van der Waals surface area contributed by atoms with Crippen LogP contribution in [-0.4, -0.2) is 127 Å². The molecule has 1 aliphatic heterocycles. The number of carbonyl (C=O) groups is 5. The van der Waals surface area contributed by atoms with Crippen LogP contribution in [0.3, 0.4) is 0 Å². The number of aromatic nitrogens is 4. The van der Waals surface area contributed by atoms with Crippen LogP contribution in [0.2, 0.25) is 0 Å². The normalized spacial score (nSPS) is 14.6. The summed E-state index contributed by atoms with van der Waals surface area (Å²) < 4.78 is 152. The van der Waals surface area contributed by atoms with E-state index < -0.39 is 115 Å². The first-order valence-electron chi connectivity index (χ1n) is 23.6. The quantitative estimate of drug-likeness (QED) is 0.0300. The van der Waals surface area contributed by atoms with Gasteiger partial charge in [0, 0.05) is 60.3 Å². The first-order chi connectivity index (χ1) is 36.8. The number of hydrazine groups is 1. The first kappa shape index (κ1) is 60.0. The van der Waals surface area contributed by atoms with Crippen molar-refractivity contribution in [3.05, 3.63) is 119 Å². The average Bonchev–Trinajstić information content (AvgIpc) is 4.05. The molecule has 18 nitrogen and oxygen atoms in total. The number of nitrogens with zero attached hydrogens (tertiary/aromatic N) is 6. The van der Waals surface area contributed by atoms with E-state index in [4.69, 9.17) is 0 Å². The lowest BCUT2D eigenvalue weighted by Gasteiger charge is -2.38. The number of rotatable bonds is 18. The van der Waals surface area contributed by atoms with Gasteiger partial charge < -0.3 is 40.4 Å². The summed E-state index contributed by atoms with van der Waals surface area (Å²) in [6.45, 7) is -2.92. The third-order valence-corrected chi connectivity index (χ3v) is 13.1. The molecule has 0 spiro atoms. The Bertz CT molecular complexity index is 3090. The molecule has 0 saturated heterocycles. The zero-order chi connectivity index (χ0) is 58.5. The molecule has 0 saturated carbocycles. The Morgan fingerprint density at radius 3 is 1.86 bits per heavy atom. The summed E-state index contributed by atoms with van der Waals surface area (Å²) in [5.74, 6) is 0.374. The summed E-state index contributed by atoms with van der Waals surface area (Å²) in [5, 5.41) is 30.9. The van der Waals surface area contributed by atoms with Crippen molar-refractivity contribution in [3.8, 4) is 34.2 Å². The van der Waals surface area contributed by atoms with Crippen molar-refractivity contribution in [3.63, 3.8) is 0 Å². The molecule has 79 heavy (non-hydrogen) atoms. The van der Waals surface area contributed by atoms with Gasteiger partial charge in [-0.15, -0.1) is 0 Å². The van der Waals surface area contributed by atoms with E-state index in [0.29, 0.717) is 68.2 Å². The minimum Gasteiger partial charge on any atom is -0.465 e. The fraction of sp³-hybridized carbons (Fsp3) is 0.392. The molecule has 0 fully saturated rings. The number of likely N-dealkylation sites (N-methyl/N-ethyl adjacent to an activating group) is 1. The highest BCUT2D eigenvalue weighted by molar-refractivity contribution is 5.87. The summed E-state index contributed by atoms with van der Waals surface area (Å²) in [4.78, 5) is 70.3. The number of hydrogen-bond acceptors (Lipinski definition) is 10. The van der Waals surface area contributed by atoms with E-state index in [1.54, 1.807) is 47.0 Å². The van der Waals surface area contributed by atoms with E-state index in [-0.39, 0.29) is 33.8 Å². The highest BCUT2D eigenvalue weighted by atomic mass is 19.4. The molecule has 0 unspecified atom stereocenters. The van der Waals surface area contributed by atoms with Gasteiger partial charge >= 0.3 is 31.1 Å². The Morgan fingerprint density at radius 1 is 0.785 bits per heavy atom. The second-order valence-electron chi connectivity index (χ2n) is 19.5. The van der Waals surface area contributed by atoms with Gasteiger partial charge in [0.05, 0.1) is 48.5 Å². The minimum absolute atomic E-state index is 0.0551. The Hall–Kier alpha value is -8.19. The van der Waals surface area contributed by atoms with E-state index >= 15 is 8.78 Å².